The van der Waals surface area contributed by atoms with Crippen LogP contribution in [0.15, 0.2) is 41.0 Å². The highest BCUT2D eigenvalue weighted by Gasteiger charge is 2.18. The molecule has 9 heteroatoms. The zero-order valence-corrected chi connectivity index (χ0v) is 17.8. The first-order valence-electron chi connectivity index (χ1n) is 8.99. The summed E-state index contributed by atoms with van der Waals surface area (Å²) in [4.78, 5) is 25.3. The minimum atomic E-state index is -0.372. The van der Waals surface area contributed by atoms with Gasteiger partial charge in [-0.25, -0.2) is 0 Å². The summed E-state index contributed by atoms with van der Waals surface area (Å²) in [5.74, 6) is 1.22. The molecule has 0 saturated carbocycles. The van der Waals surface area contributed by atoms with E-state index in [1.807, 2.05) is 6.92 Å². The van der Waals surface area contributed by atoms with Crippen LogP contribution in [0.1, 0.15) is 31.4 Å². The van der Waals surface area contributed by atoms with E-state index in [1.165, 1.54) is 17.6 Å². The smallest absolute Gasteiger partial charge is 0.291 e. The number of thiophene rings is 1. The fourth-order valence-electron chi connectivity index (χ4n) is 2.84. The Morgan fingerprint density at radius 1 is 1.00 bits per heavy atom. The van der Waals surface area contributed by atoms with Crippen LogP contribution in [0.3, 0.4) is 0 Å². The lowest BCUT2D eigenvalue weighted by Gasteiger charge is -2.14. The van der Waals surface area contributed by atoms with Gasteiger partial charge in [-0.3, -0.25) is 9.59 Å². The third-order valence-electron chi connectivity index (χ3n) is 4.33. The standard InChI is InChI=1S/C21H22N2O6S/c1-12-8-18(23-20(24)14-6-5-7-29-14)30-19(12)21(25)22-11-13-9-16(27-3)17(28-4)10-15(13)26-2/h5-10H,11H2,1-4H3,(H,22,25)(H,23,24). The van der Waals surface area contributed by atoms with Crippen LogP contribution in [-0.4, -0.2) is 33.1 Å². The maximum atomic E-state index is 12.7. The Morgan fingerprint density at radius 3 is 2.33 bits per heavy atom. The third-order valence-corrected chi connectivity index (χ3v) is 5.48. The van der Waals surface area contributed by atoms with Crippen molar-refractivity contribution < 1.29 is 28.2 Å². The molecule has 0 radical (unpaired) electrons. The molecule has 0 atom stereocenters. The maximum Gasteiger partial charge on any atom is 0.291 e. The number of carbonyl (C=O) groups excluding carboxylic acids is 2. The van der Waals surface area contributed by atoms with Crippen molar-refractivity contribution in [2.45, 2.75) is 13.5 Å². The van der Waals surface area contributed by atoms with E-state index in [1.54, 1.807) is 51.7 Å². The first-order chi connectivity index (χ1) is 14.5. The molecule has 2 aromatic heterocycles. The van der Waals surface area contributed by atoms with E-state index in [9.17, 15) is 9.59 Å². The highest BCUT2D eigenvalue weighted by Crippen LogP contribution is 2.34. The van der Waals surface area contributed by atoms with Gasteiger partial charge in [0.15, 0.2) is 17.3 Å². The van der Waals surface area contributed by atoms with E-state index in [4.69, 9.17) is 18.6 Å². The van der Waals surface area contributed by atoms with Gasteiger partial charge in [0.2, 0.25) is 0 Å². The van der Waals surface area contributed by atoms with Crippen LogP contribution in [-0.2, 0) is 6.54 Å². The average molecular weight is 430 g/mol. The summed E-state index contributed by atoms with van der Waals surface area (Å²) in [5.41, 5.74) is 1.50. The third kappa shape index (κ3) is 4.57. The fraction of sp³-hybridized carbons (Fsp3) is 0.238. The Hall–Kier alpha value is -3.46. The zero-order valence-electron chi connectivity index (χ0n) is 17.0. The molecule has 0 fully saturated rings. The molecule has 0 bridgehead atoms. The minimum Gasteiger partial charge on any atom is -0.496 e. The first kappa shape index (κ1) is 21.3. The van der Waals surface area contributed by atoms with E-state index >= 15 is 0 Å². The van der Waals surface area contributed by atoms with E-state index in [0.29, 0.717) is 27.1 Å². The SMILES string of the molecule is COc1cc(OC)c(OC)cc1CNC(=O)c1sc(NC(=O)c2ccco2)cc1C. The van der Waals surface area contributed by atoms with Gasteiger partial charge in [-0.2, -0.15) is 0 Å². The van der Waals surface area contributed by atoms with Gasteiger partial charge >= 0.3 is 0 Å². The molecule has 1 aromatic carbocycles. The minimum absolute atomic E-state index is 0.201. The van der Waals surface area contributed by atoms with Gasteiger partial charge in [0.1, 0.15) is 5.75 Å². The lowest BCUT2D eigenvalue weighted by atomic mass is 10.1. The predicted octanol–water partition coefficient (Wildman–Crippen LogP) is 3.86. The number of furan rings is 1. The van der Waals surface area contributed by atoms with Crippen molar-refractivity contribution in [3.05, 3.63) is 58.4 Å². The molecule has 0 saturated heterocycles. The van der Waals surface area contributed by atoms with Crippen molar-refractivity contribution in [2.24, 2.45) is 0 Å². The molecule has 2 amide bonds. The quantitative estimate of drug-likeness (QED) is 0.563. The predicted molar refractivity (Wildman–Crippen MR) is 113 cm³/mol. The van der Waals surface area contributed by atoms with Gasteiger partial charge in [-0.05, 0) is 36.8 Å². The number of methoxy groups -OCH3 is 3. The molecule has 30 heavy (non-hydrogen) atoms. The molecular weight excluding hydrogens is 408 g/mol. The van der Waals surface area contributed by atoms with Gasteiger partial charge in [-0.15, -0.1) is 11.3 Å². The number of carbonyl (C=O) groups is 2. The topological polar surface area (TPSA) is 99.0 Å². The highest BCUT2D eigenvalue weighted by atomic mass is 32.1. The molecule has 2 heterocycles. The second-order valence-corrected chi connectivity index (χ2v) is 7.31. The largest absolute Gasteiger partial charge is 0.496 e. The van der Waals surface area contributed by atoms with Crippen LogP contribution in [0.25, 0.3) is 0 Å². The Morgan fingerprint density at radius 2 is 1.70 bits per heavy atom. The lowest BCUT2D eigenvalue weighted by Crippen LogP contribution is -2.22. The monoisotopic (exact) mass is 430 g/mol. The van der Waals surface area contributed by atoms with Crippen LogP contribution >= 0.6 is 11.3 Å². The van der Waals surface area contributed by atoms with Crippen LogP contribution in [0, 0.1) is 6.92 Å². The van der Waals surface area contributed by atoms with E-state index < -0.39 is 0 Å². The normalized spacial score (nSPS) is 10.4. The number of nitrogens with one attached hydrogen (secondary N) is 2. The highest BCUT2D eigenvalue weighted by molar-refractivity contribution is 7.18. The molecule has 0 aliphatic rings. The number of aryl methyl sites for hydroxylation is 1. The van der Waals surface area contributed by atoms with Gasteiger partial charge in [0.25, 0.3) is 11.8 Å². The molecule has 8 nitrogen and oxygen atoms in total. The van der Waals surface area contributed by atoms with E-state index in [0.717, 1.165) is 11.1 Å². The van der Waals surface area contributed by atoms with Crippen molar-refractivity contribution in [2.75, 3.05) is 26.6 Å². The van der Waals surface area contributed by atoms with Crippen LogP contribution < -0.4 is 24.8 Å². The van der Waals surface area contributed by atoms with Crippen molar-refractivity contribution in [3.63, 3.8) is 0 Å². The summed E-state index contributed by atoms with van der Waals surface area (Å²) in [6, 6.07) is 8.42. The van der Waals surface area contributed by atoms with Gasteiger partial charge in [-0.1, -0.05) is 0 Å². The number of hydrogen-bond donors (Lipinski definition) is 2. The summed E-state index contributed by atoms with van der Waals surface area (Å²) in [5, 5.41) is 6.17. The molecule has 0 aliphatic carbocycles. The van der Waals surface area contributed by atoms with Gasteiger partial charge in [0.05, 0.1) is 37.5 Å². The number of anilines is 1. The molecule has 158 valence electrons. The molecule has 2 N–H and O–H groups in total. The van der Waals surface area contributed by atoms with Crippen molar-refractivity contribution in [1.29, 1.82) is 0 Å². The lowest BCUT2D eigenvalue weighted by molar-refractivity contribution is 0.0952. The van der Waals surface area contributed by atoms with Crippen LogP contribution in [0.4, 0.5) is 5.00 Å². The molecule has 3 rings (SSSR count). The molecule has 0 aliphatic heterocycles. The van der Waals surface area contributed by atoms with Crippen LogP contribution in [0.2, 0.25) is 0 Å². The summed E-state index contributed by atoms with van der Waals surface area (Å²) in [6.07, 6.45) is 1.43. The molecule has 0 unspecified atom stereocenters. The second-order valence-electron chi connectivity index (χ2n) is 6.26. The Bertz CT molecular complexity index is 1040. The molecule has 0 spiro atoms. The Balaban J connectivity index is 1.71. The second kappa shape index (κ2) is 9.36. The Kier molecular flexibility index (Phi) is 6.63. The van der Waals surface area contributed by atoms with Crippen molar-refractivity contribution in [3.8, 4) is 17.2 Å². The van der Waals surface area contributed by atoms with E-state index in [2.05, 4.69) is 10.6 Å². The number of amides is 2. The Labute approximate surface area is 177 Å². The van der Waals surface area contributed by atoms with Crippen molar-refractivity contribution in [1.82, 2.24) is 5.32 Å². The van der Waals surface area contributed by atoms with Crippen LogP contribution in [0.5, 0.6) is 17.2 Å². The summed E-state index contributed by atoms with van der Waals surface area (Å²) >= 11 is 1.19. The summed E-state index contributed by atoms with van der Waals surface area (Å²) in [6.45, 7) is 2.04. The number of ether oxygens (including phenoxy) is 3. The number of rotatable bonds is 8. The fourth-order valence-corrected chi connectivity index (χ4v) is 3.82. The summed E-state index contributed by atoms with van der Waals surface area (Å²) in [7, 11) is 4.63. The van der Waals surface area contributed by atoms with E-state index in [-0.39, 0.29) is 24.1 Å². The number of hydrogen-bond acceptors (Lipinski definition) is 7. The van der Waals surface area contributed by atoms with Gasteiger partial charge < -0.3 is 29.3 Å². The average Bonchev–Trinajstić information content (AvgIpc) is 3.41. The first-order valence-corrected chi connectivity index (χ1v) is 9.80. The maximum absolute atomic E-state index is 12.7. The molecular formula is C21H22N2O6S. The molecule has 3 aromatic rings. The number of benzene rings is 1. The zero-order chi connectivity index (χ0) is 21.7. The van der Waals surface area contributed by atoms with Gasteiger partial charge in [0, 0.05) is 18.2 Å². The van der Waals surface area contributed by atoms with Crippen molar-refractivity contribution >= 4 is 28.2 Å². The summed E-state index contributed by atoms with van der Waals surface area (Å²) < 4.78 is 21.1.